The van der Waals surface area contributed by atoms with Crippen molar-refractivity contribution in [2.45, 2.75) is 51.6 Å². The number of aliphatic hydroxyl groups is 1. The van der Waals surface area contributed by atoms with Gasteiger partial charge < -0.3 is 14.8 Å². The molecule has 1 heterocycles. The highest BCUT2D eigenvalue weighted by Gasteiger charge is 2.18. The number of aryl methyl sites for hydroxylation is 1. The second-order valence-electron chi connectivity index (χ2n) is 6.88. The number of benzene rings is 2. The first-order chi connectivity index (χ1) is 12.2. The maximum Gasteiger partial charge on any atom is 0.186 e. The van der Waals surface area contributed by atoms with Gasteiger partial charge in [-0.15, -0.1) is 12.4 Å². The third kappa shape index (κ3) is 3.24. The molecule has 1 aromatic heterocycles. The van der Waals surface area contributed by atoms with Crippen molar-refractivity contribution in [3.05, 3.63) is 34.6 Å². The Morgan fingerprint density at radius 3 is 2.54 bits per heavy atom. The van der Waals surface area contributed by atoms with Crippen LogP contribution in [0.15, 0.2) is 29.3 Å². The van der Waals surface area contributed by atoms with Crippen LogP contribution in [0.4, 0.5) is 0 Å². The quantitative estimate of drug-likeness (QED) is 0.688. The van der Waals surface area contributed by atoms with Crippen molar-refractivity contribution >= 4 is 44.7 Å². The Morgan fingerprint density at radius 2 is 1.85 bits per heavy atom. The van der Waals surface area contributed by atoms with Crippen LogP contribution in [0.3, 0.4) is 0 Å². The molecule has 140 valence electrons. The van der Waals surface area contributed by atoms with Crippen LogP contribution in [0.5, 0.6) is 5.75 Å². The van der Waals surface area contributed by atoms with Crippen LogP contribution in [0.1, 0.15) is 37.7 Å². The van der Waals surface area contributed by atoms with Crippen LogP contribution in [-0.2, 0) is 6.54 Å². The molecule has 6 heteroatoms. The standard InChI is InChI=1S/C20H24N2O2S.ClH/c1-13-18(24)16-10-6-5-9-15(16)17-19(13)25-20(22(17)11-12-23)21-14-7-3-2-4-8-14;/h5-6,9-10,14,23-24H,2-4,7-8,11-12H2,1H3;1H/b21-20+;. The van der Waals surface area contributed by atoms with Crippen molar-refractivity contribution in [1.82, 2.24) is 4.57 Å². The largest absolute Gasteiger partial charge is 0.507 e. The molecule has 0 unspecified atom stereocenters. The van der Waals surface area contributed by atoms with Crippen LogP contribution in [0.25, 0.3) is 21.0 Å². The summed E-state index contributed by atoms with van der Waals surface area (Å²) in [5.74, 6) is 0.352. The van der Waals surface area contributed by atoms with E-state index in [-0.39, 0.29) is 19.0 Å². The number of phenolic OH excluding ortho intramolecular Hbond substituents is 1. The SMILES string of the molecule is Cc1c(O)c2ccccc2c2c1s/c(=N/C1CCCCC1)n2CCO.Cl. The molecule has 2 aromatic carbocycles. The summed E-state index contributed by atoms with van der Waals surface area (Å²) in [6.45, 7) is 2.58. The van der Waals surface area contributed by atoms with Gasteiger partial charge in [0.1, 0.15) is 5.75 Å². The van der Waals surface area contributed by atoms with E-state index in [0.717, 1.165) is 44.2 Å². The van der Waals surface area contributed by atoms with Gasteiger partial charge in [-0.3, -0.25) is 4.99 Å². The molecule has 1 aliphatic carbocycles. The monoisotopic (exact) mass is 392 g/mol. The minimum atomic E-state index is 0. The molecule has 4 rings (SSSR count). The van der Waals surface area contributed by atoms with Crippen molar-refractivity contribution in [3.63, 3.8) is 0 Å². The van der Waals surface area contributed by atoms with E-state index in [2.05, 4.69) is 4.57 Å². The molecule has 2 N–H and O–H groups in total. The Kier molecular flexibility index (Phi) is 5.90. The predicted molar refractivity (Wildman–Crippen MR) is 110 cm³/mol. The Bertz CT molecular complexity index is 987. The van der Waals surface area contributed by atoms with Gasteiger partial charge in [0, 0.05) is 22.9 Å². The minimum Gasteiger partial charge on any atom is -0.507 e. The number of phenols is 1. The van der Waals surface area contributed by atoms with Crippen LogP contribution < -0.4 is 4.80 Å². The summed E-state index contributed by atoms with van der Waals surface area (Å²) in [7, 11) is 0. The molecule has 0 atom stereocenters. The van der Waals surface area contributed by atoms with Gasteiger partial charge in [-0.25, -0.2) is 0 Å². The number of aliphatic hydroxyl groups excluding tert-OH is 1. The molecule has 0 spiro atoms. The number of aromatic nitrogens is 1. The minimum absolute atomic E-state index is 0. The van der Waals surface area contributed by atoms with Crippen molar-refractivity contribution < 1.29 is 10.2 Å². The molecule has 0 aliphatic heterocycles. The normalized spacial score (nSPS) is 16.3. The fourth-order valence-corrected chi connectivity index (χ4v) is 5.15. The first-order valence-corrected chi connectivity index (χ1v) is 9.90. The van der Waals surface area contributed by atoms with Crippen molar-refractivity contribution in [3.8, 4) is 5.75 Å². The summed E-state index contributed by atoms with van der Waals surface area (Å²) in [5, 5.41) is 22.1. The molecule has 1 fully saturated rings. The Labute approximate surface area is 163 Å². The molecule has 0 bridgehead atoms. The predicted octanol–water partition coefficient (Wildman–Crippen LogP) is 4.52. The lowest BCUT2D eigenvalue weighted by atomic mass is 9.96. The highest BCUT2D eigenvalue weighted by Crippen LogP contribution is 2.38. The topological polar surface area (TPSA) is 57.8 Å². The number of nitrogens with zero attached hydrogens (tertiary/aromatic N) is 2. The van der Waals surface area contributed by atoms with Gasteiger partial charge in [-0.2, -0.15) is 0 Å². The van der Waals surface area contributed by atoms with E-state index in [1.807, 2.05) is 31.2 Å². The lowest BCUT2D eigenvalue weighted by molar-refractivity contribution is 0.276. The average molecular weight is 393 g/mol. The molecule has 26 heavy (non-hydrogen) atoms. The van der Waals surface area contributed by atoms with Crippen LogP contribution in [0.2, 0.25) is 0 Å². The summed E-state index contributed by atoms with van der Waals surface area (Å²) in [5.41, 5.74) is 1.98. The van der Waals surface area contributed by atoms with E-state index in [1.54, 1.807) is 11.3 Å². The van der Waals surface area contributed by atoms with Gasteiger partial charge in [0.2, 0.25) is 0 Å². The summed E-state index contributed by atoms with van der Waals surface area (Å²) in [6, 6.07) is 8.32. The lowest BCUT2D eigenvalue weighted by Crippen LogP contribution is -2.21. The Hall–Kier alpha value is -1.56. The molecule has 3 aromatic rings. The van der Waals surface area contributed by atoms with Gasteiger partial charge in [0.25, 0.3) is 0 Å². The number of hydrogen-bond acceptors (Lipinski definition) is 4. The Balaban J connectivity index is 0.00000196. The highest BCUT2D eigenvalue weighted by molar-refractivity contribution is 7.16. The first kappa shape index (κ1) is 19.2. The zero-order chi connectivity index (χ0) is 17.4. The Morgan fingerprint density at radius 1 is 1.15 bits per heavy atom. The second kappa shape index (κ2) is 7.99. The summed E-state index contributed by atoms with van der Waals surface area (Å²) < 4.78 is 3.21. The number of aromatic hydroxyl groups is 1. The number of halogens is 1. The van der Waals surface area contributed by atoms with Crippen molar-refractivity contribution in [1.29, 1.82) is 0 Å². The molecule has 1 saturated carbocycles. The van der Waals surface area contributed by atoms with Crippen LogP contribution in [-0.4, -0.2) is 27.4 Å². The van der Waals surface area contributed by atoms with Gasteiger partial charge in [0.15, 0.2) is 4.80 Å². The number of thiazole rings is 1. The second-order valence-corrected chi connectivity index (χ2v) is 7.86. The number of fused-ring (bicyclic) bond motifs is 3. The first-order valence-electron chi connectivity index (χ1n) is 9.09. The third-order valence-electron chi connectivity index (χ3n) is 5.23. The maximum absolute atomic E-state index is 10.6. The van der Waals surface area contributed by atoms with E-state index < -0.39 is 0 Å². The summed E-state index contributed by atoms with van der Waals surface area (Å²) in [6.07, 6.45) is 6.12. The molecule has 0 radical (unpaired) electrons. The van der Waals surface area contributed by atoms with Crippen molar-refractivity contribution in [2.75, 3.05) is 6.61 Å². The smallest absolute Gasteiger partial charge is 0.186 e. The summed E-state index contributed by atoms with van der Waals surface area (Å²) >= 11 is 1.64. The van der Waals surface area contributed by atoms with E-state index in [4.69, 9.17) is 4.99 Å². The molecule has 0 amide bonds. The van der Waals surface area contributed by atoms with E-state index in [1.165, 1.54) is 19.3 Å². The van der Waals surface area contributed by atoms with Gasteiger partial charge in [0.05, 0.1) is 22.9 Å². The lowest BCUT2D eigenvalue weighted by Gasteiger charge is -2.17. The van der Waals surface area contributed by atoms with E-state index >= 15 is 0 Å². The highest BCUT2D eigenvalue weighted by atomic mass is 35.5. The molecule has 4 nitrogen and oxygen atoms in total. The van der Waals surface area contributed by atoms with Crippen LogP contribution in [0, 0.1) is 6.92 Å². The number of rotatable bonds is 3. The fraction of sp³-hybridized carbons (Fsp3) is 0.450. The molecular weight excluding hydrogens is 368 g/mol. The maximum atomic E-state index is 10.6. The number of hydrogen-bond donors (Lipinski definition) is 2. The van der Waals surface area contributed by atoms with Crippen molar-refractivity contribution in [2.24, 2.45) is 4.99 Å². The average Bonchev–Trinajstić information content (AvgIpc) is 2.99. The summed E-state index contributed by atoms with van der Waals surface area (Å²) in [4.78, 5) is 6.01. The van der Waals surface area contributed by atoms with Crippen LogP contribution >= 0.6 is 23.7 Å². The molecule has 1 aliphatic rings. The zero-order valence-corrected chi connectivity index (χ0v) is 16.6. The molecule has 0 saturated heterocycles. The van der Waals surface area contributed by atoms with E-state index in [0.29, 0.717) is 18.3 Å². The van der Waals surface area contributed by atoms with E-state index in [9.17, 15) is 10.2 Å². The fourth-order valence-electron chi connectivity index (χ4n) is 3.91. The van der Waals surface area contributed by atoms with Gasteiger partial charge in [-0.05, 0) is 19.8 Å². The molecular formula is C20H25ClN2O2S. The van der Waals surface area contributed by atoms with Gasteiger partial charge in [-0.1, -0.05) is 54.9 Å². The third-order valence-corrected chi connectivity index (χ3v) is 6.45. The van der Waals surface area contributed by atoms with Gasteiger partial charge >= 0.3 is 0 Å². The zero-order valence-electron chi connectivity index (χ0n) is 14.9.